The molecule has 0 radical (unpaired) electrons. The van der Waals surface area contributed by atoms with Crippen LogP contribution in [0.4, 0.5) is 0 Å². The molecule has 132 valence electrons. The van der Waals surface area contributed by atoms with E-state index in [-0.39, 0.29) is 24.2 Å². The second kappa shape index (κ2) is 8.34. The van der Waals surface area contributed by atoms with E-state index in [1.165, 1.54) is 0 Å². The average molecular weight is 344 g/mol. The number of nitrogens with one attached hydrogen (secondary N) is 2. The van der Waals surface area contributed by atoms with E-state index in [1.54, 1.807) is 12.1 Å². The zero-order valence-electron chi connectivity index (χ0n) is 13.7. The summed E-state index contributed by atoms with van der Waals surface area (Å²) in [7, 11) is 0. The molecule has 0 spiro atoms. The van der Waals surface area contributed by atoms with Gasteiger partial charge in [0, 0.05) is 19.1 Å². The minimum atomic E-state index is -0.508. The minimum Gasteiger partial charge on any atom is -0.486 e. The molecule has 1 aromatic heterocycles. The fraction of sp³-hybridized carbons (Fsp3) is 0.333. The summed E-state index contributed by atoms with van der Waals surface area (Å²) in [5.41, 5.74) is 4.80. The Morgan fingerprint density at radius 3 is 2.56 bits per heavy atom. The van der Waals surface area contributed by atoms with Crippen LogP contribution in [0, 0.1) is 5.92 Å². The van der Waals surface area contributed by atoms with Crippen LogP contribution in [-0.2, 0) is 16.1 Å². The molecule has 3 rings (SSSR count). The molecule has 1 aliphatic rings. The van der Waals surface area contributed by atoms with Gasteiger partial charge in [-0.1, -0.05) is 18.2 Å². The molecular weight excluding hydrogens is 324 g/mol. The standard InChI is InChI=1S/C18H20N2O5/c21-17(13-8-10-23-11-9-13)19-20-18(22)16-7-6-15(25-16)12-24-14-4-2-1-3-5-14/h1-7,13H,8-12H2,(H,19,21)(H,20,22). The molecule has 7 heteroatoms. The van der Waals surface area contributed by atoms with Crippen molar-refractivity contribution < 1.29 is 23.5 Å². The molecule has 0 unspecified atom stereocenters. The van der Waals surface area contributed by atoms with Gasteiger partial charge in [0.1, 0.15) is 18.1 Å². The number of carbonyl (C=O) groups excluding carboxylic acids is 2. The number of ether oxygens (including phenoxy) is 2. The molecule has 2 amide bonds. The van der Waals surface area contributed by atoms with Crippen LogP contribution in [0.15, 0.2) is 46.9 Å². The Hall–Kier alpha value is -2.80. The van der Waals surface area contributed by atoms with Crippen molar-refractivity contribution in [2.24, 2.45) is 5.92 Å². The molecule has 0 saturated carbocycles. The molecule has 2 aromatic rings. The maximum absolute atomic E-state index is 12.0. The van der Waals surface area contributed by atoms with Gasteiger partial charge in [0.05, 0.1) is 0 Å². The zero-order chi connectivity index (χ0) is 17.5. The minimum absolute atomic E-state index is 0.110. The number of hydrogen-bond acceptors (Lipinski definition) is 5. The molecule has 0 bridgehead atoms. The van der Waals surface area contributed by atoms with Gasteiger partial charge in [0.15, 0.2) is 5.76 Å². The predicted molar refractivity (Wildman–Crippen MR) is 88.6 cm³/mol. The van der Waals surface area contributed by atoms with Crippen LogP contribution in [0.5, 0.6) is 5.75 Å². The third kappa shape index (κ3) is 4.84. The van der Waals surface area contributed by atoms with Gasteiger partial charge in [-0.25, -0.2) is 0 Å². The van der Waals surface area contributed by atoms with Crippen molar-refractivity contribution in [2.45, 2.75) is 19.4 Å². The van der Waals surface area contributed by atoms with Gasteiger partial charge in [0.25, 0.3) is 0 Å². The van der Waals surface area contributed by atoms with Crippen molar-refractivity contribution >= 4 is 11.8 Å². The van der Waals surface area contributed by atoms with Crippen LogP contribution in [0.2, 0.25) is 0 Å². The number of carbonyl (C=O) groups is 2. The number of benzene rings is 1. The maximum atomic E-state index is 12.0. The van der Waals surface area contributed by atoms with Crippen molar-refractivity contribution in [2.75, 3.05) is 13.2 Å². The third-order valence-corrected chi connectivity index (χ3v) is 3.90. The largest absolute Gasteiger partial charge is 0.486 e. The monoisotopic (exact) mass is 344 g/mol. The second-order valence-electron chi connectivity index (χ2n) is 5.70. The molecular formula is C18H20N2O5. The lowest BCUT2D eigenvalue weighted by Gasteiger charge is -2.21. The van der Waals surface area contributed by atoms with Crippen LogP contribution >= 0.6 is 0 Å². The lowest BCUT2D eigenvalue weighted by Crippen LogP contribution is -2.45. The van der Waals surface area contributed by atoms with Gasteiger partial charge >= 0.3 is 5.91 Å². The van der Waals surface area contributed by atoms with Gasteiger partial charge in [-0.15, -0.1) is 0 Å². The quantitative estimate of drug-likeness (QED) is 0.810. The van der Waals surface area contributed by atoms with Gasteiger partial charge < -0.3 is 13.9 Å². The van der Waals surface area contributed by atoms with E-state index >= 15 is 0 Å². The van der Waals surface area contributed by atoms with Crippen LogP contribution in [0.1, 0.15) is 29.2 Å². The molecule has 7 nitrogen and oxygen atoms in total. The summed E-state index contributed by atoms with van der Waals surface area (Å²) < 4.78 is 16.2. The number of furan rings is 1. The van der Waals surface area contributed by atoms with Crippen molar-refractivity contribution in [3.63, 3.8) is 0 Å². The van der Waals surface area contributed by atoms with Crippen molar-refractivity contribution in [1.29, 1.82) is 0 Å². The lowest BCUT2D eigenvalue weighted by molar-refractivity contribution is -0.128. The summed E-state index contributed by atoms with van der Waals surface area (Å²) in [5, 5.41) is 0. The Bertz CT molecular complexity index is 707. The molecule has 1 saturated heterocycles. The highest BCUT2D eigenvalue weighted by Gasteiger charge is 2.22. The first kappa shape index (κ1) is 17.0. The Labute approximate surface area is 145 Å². The highest BCUT2D eigenvalue weighted by molar-refractivity contribution is 5.93. The Morgan fingerprint density at radius 1 is 1.04 bits per heavy atom. The van der Waals surface area contributed by atoms with E-state index in [0.717, 1.165) is 0 Å². The van der Waals surface area contributed by atoms with Gasteiger partial charge in [-0.2, -0.15) is 0 Å². The van der Waals surface area contributed by atoms with Crippen molar-refractivity contribution in [3.05, 3.63) is 54.0 Å². The summed E-state index contributed by atoms with van der Waals surface area (Å²) in [6.45, 7) is 1.34. The summed E-state index contributed by atoms with van der Waals surface area (Å²) in [5.74, 6) is 0.486. The predicted octanol–water partition coefficient (Wildman–Crippen LogP) is 2.05. The van der Waals surface area contributed by atoms with E-state index < -0.39 is 5.91 Å². The summed E-state index contributed by atoms with van der Waals surface area (Å²) in [4.78, 5) is 24.0. The number of rotatable bonds is 5. The fourth-order valence-corrected chi connectivity index (χ4v) is 2.49. The fourth-order valence-electron chi connectivity index (χ4n) is 2.49. The maximum Gasteiger partial charge on any atom is 0.305 e. The molecule has 25 heavy (non-hydrogen) atoms. The van der Waals surface area contributed by atoms with Crippen LogP contribution < -0.4 is 15.6 Å². The van der Waals surface area contributed by atoms with E-state index in [0.29, 0.717) is 37.6 Å². The molecule has 1 aromatic carbocycles. The average Bonchev–Trinajstić information content (AvgIpc) is 3.15. The van der Waals surface area contributed by atoms with Crippen molar-refractivity contribution in [1.82, 2.24) is 10.9 Å². The number of para-hydroxylation sites is 1. The molecule has 1 fully saturated rings. The first-order valence-electron chi connectivity index (χ1n) is 8.17. The Kier molecular flexibility index (Phi) is 5.69. The first-order valence-corrected chi connectivity index (χ1v) is 8.17. The van der Waals surface area contributed by atoms with Crippen molar-refractivity contribution in [3.8, 4) is 5.75 Å². The van der Waals surface area contributed by atoms with Crippen LogP contribution in [-0.4, -0.2) is 25.0 Å². The second-order valence-corrected chi connectivity index (χ2v) is 5.70. The van der Waals surface area contributed by atoms with E-state index in [4.69, 9.17) is 13.9 Å². The molecule has 0 atom stereocenters. The van der Waals surface area contributed by atoms with Crippen LogP contribution in [0.25, 0.3) is 0 Å². The van der Waals surface area contributed by atoms with Gasteiger partial charge in [-0.3, -0.25) is 20.4 Å². The third-order valence-electron chi connectivity index (χ3n) is 3.90. The number of hydrazine groups is 1. The zero-order valence-corrected chi connectivity index (χ0v) is 13.7. The lowest BCUT2D eigenvalue weighted by atomic mass is 10.00. The molecule has 2 heterocycles. The Morgan fingerprint density at radius 2 is 1.80 bits per heavy atom. The number of amides is 2. The summed E-state index contributed by atoms with van der Waals surface area (Å²) in [6, 6.07) is 12.5. The SMILES string of the molecule is O=C(NNC(=O)C1CCOCC1)c1ccc(COc2ccccc2)o1. The van der Waals surface area contributed by atoms with E-state index in [9.17, 15) is 9.59 Å². The number of hydrogen-bond donors (Lipinski definition) is 2. The smallest absolute Gasteiger partial charge is 0.305 e. The normalized spacial score (nSPS) is 14.7. The highest BCUT2D eigenvalue weighted by Crippen LogP contribution is 2.15. The highest BCUT2D eigenvalue weighted by atomic mass is 16.5. The van der Waals surface area contributed by atoms with Gasteiger partial charge in [-0.05, 0) is 37.1 Å². The summed E-state index contributed by atoms with van der Waals surface area (Å²) >= 11 is 0. The van der Waals surface area contributed by atoms with Gasteiger partial charge in [0.2, 0.25) is 5.91 Å². The van der Waals surface area contributed by atoms with Crippen LogP contribution in [0.3, 0.4) is 0 Å². The molecule has 0 aliphatic carbocycles. The molecule has 2 N–H and O–H groups in total. The first-order chi connectivity index (χ1) is 12.2. The van der Waals surface area contributed by atoms with E-state index in [2.05, 4.69) is 10.9 Å². The topological polar surface area (TPSA) is 89.8 Å². The molecule has 1 aliphatic heterocycles. The summed E-state index contributed by atoms with van der Waals surface area (Å²) in [6.07, 6.45) is 1.31. The van der Waals surface area contributed by atoms with E-state index in [1.807, 2.05) is 30.3 Å². The Balaban J connectivity index is 1.46.